The quantitative estimate of drug-likeness (QED) is 0.0426. The topological polar surface area (TPSA) is 191 Å². The van der Waals surface area contributed by atoms with E-state index in [1.54, 1.807) is 24.3 Å². The first-order valence-corrected chi connectivity index (χ1v) is 24.3. The minimum atomic E-state index is -0.666. The molecule has 68 heavy (non-hydrogen) atoms. The van der Waals surface area contributed by atoms with E-state index in [0.717, 1.165) is 43.4 Å². The van der Waals surface area contributed by atoms with Gasteiger partial charge < -0.3 is 18.9 Å². The van der Waals surface area contributed by atoms with Crippen LogP contribution in [0.4, 0.5) is 0 Å². The van der Waals surface area contributed by atoms with E-state index in [2.05, 4.69) is 20.4 Å². The molecule has 6 heterocycles. The minimum absolute atomic E-state index is 0.0233. The number of rotatable bonds is 19. The summed E-state index contributed by atoms with van der Waals surface area (Å²) in [7, 11) is 2.67. The second-order valence-corrected chi connectivity index (χ2v) is 19.1. The van der Waals surface area contributed by atoms with E-state index in [-0.39, 0.29) is 37.2 Å². The van der Waals surface area contributed by atoms with Crippen molar-refractivity contribution in [2.24, 2.45) is 9.98 Å². The van der Waals surface area contributed by atoms with Crippen LogP contribution in [0.3, 0.4) is 0 Å². The number of aryl methyl sites for hydroxylation is 2. The van der Waals surface area contributed by atoms with E-state index in [9.17, 15) is 19.2 Å². The van der Waals surface area contributed by atoms with Crippen LogP contribution < -0.4 is 0 Å². The molecule has 20 heteroatoms. The Kier molecular flexibility index (Phi) is 15.2. The zero-order valence-electron chi connectivity index (χ0n) is 38.3. The molecule has 4 aromatic heterocycles. The number of nitrogens with zero attached hydrogens (tertiary/aromatic N) is 8. The highest BCUT2D eigenvalue weighted by Gasteiger charge is 2.36. The van der Waals surface area contributed by atoms with Gasteiger partial charge in [-0.2, -0.15) is 0 Å². The number of carbonyl (C=O) groups is 4. The third kappa shape index (κ3) is 10.0. The number of halogens is 2. The average Bonchev–Trinajstić information content (AvgIpc) is 4.05. The molecule has 0 radical (unpaired) electrons. The molecule has 2 atom stereocenters. The monoisotopic (exact) mass is 998 g/mol. The van der Waals surface area contributed by atoms with Crippen molar-refractivity contribution >= 4 is 80.8 Å². The number of Topliss-reactive ketones (excluding diaryl/α,β-unsaturated/α-hetero) is 2. The Bertz CT molecular complexity index is 2760. The lowest BCUT2D eigenvalue weighted by Gasteiger charge is -2.12. The molecule has 2 unspecified atom stereocenters. The number of ether oxygens (including phenoxy) is 4. The molecule has 0 N–H and O–H groups in total. The fourth-order valence-electron chi connectivity index (χ4n) is 8.28. The van der Waals surface area contributed by atoms with Gasteiger partial charge in [-0.1, -0.05) is 47.5 Å². The van der Waals surface area contributed by atoms with Crippen LogP contribution in [0.5, 0.6) is 0 Å². The van der Waals surface area contributed by atoms with Gasteiger partial charge in [-0.05, 0) is 75.9 Å². The van der Waals surface area contributed by atoms with Gasteiger partial charge in [0.1, 0.15) is 33.7 Å². The van der Waals surface area contributed by atoms with Crippen LogP contribution in [0.25, 0.3) is 10.0 Å². The molecule has 2 aliphatic heterocycles. The predicted octanol–water partition coefficient (Wildman–Crippen LogP) is 9.08. The van der Waals surface area contributed by atoms with Crippen molar-refractivity contribution in [2.75, 3.05) is 40.6 Å². The lowest BCUT2D eigenvalue weighted by atomic mass is 9.98. The van der Waals surface area contributed by atoms with Crippen molar-refractivity contribution in [1.82, 2.24) is 29.5 Å². The van der Waals surface area contributed by atoms with E-state index in [0.29, 0.717) is 93.8 Å². The van der Waals surface area contributed by atoms with Gasteiger partial charge >= 0.3 is 11.9 Å². The Balaban J connectivity index is 0.857. The summed E-state index contributed by atoms with van der Waals surface area (Å²) in [6.45, 7) is 8.87. The summed E-state index contributed by atoms with van der Waals surface area (Å²) >= 11 is 15.2. The zero-order chi connectivity index (χ0) is 48.2. The predicted molar refractivity (Wildman–Crippen MR) is 259 cm³/mol. The first-order valence-electron chi connectivity index (χ1n) is 21.9. The van der Waals surface area contributed by atoms with Crippen molar-refractivity contribution in [2.45, 2.75) is 78.3 Å². The fraction of sp³-hybridized carbons (Fsp3) is 0.375. The summed E-state index contributed by atoms with van der Waals surface area (Å²) in [6, 6.07) is 13.3. The molecule has 0 aliphatic carbocycles. The molecule has 0 bridgehead atoms. The normalized spacial score (nSPS) is 15.0. The first-order chi connectivity index (χ1) is 32.8. The number of hydrogen-bond acceptors (Lipinski definition) is 16. The third-order valence-electron chi connectivity index (χ3n) is 11.7. The van der Waals surface area contributed by atoms with E-state index < -0.39 is 24.0 Å². The van der Waals surface area contributed by atoms with Crippen molar-refractivity contribution in [3.63, 3.8) is 0 Å². The molecule has 0 saturated heterocycles. The lowest BCUT2D eigenvalue weighted by Crippen LogP contribution is -2.12. The van der Waals surface area contributed by atoms with Crippen LogP contribution >= 0.6 is 45.9 Å². The molecular weight excluding hydrogens is 952 g/mol. The number of thiophene rings is 2. The number of benzene rings is 2. The van der Waals surface area contributed by atoms with Crippen molar-refractivity contribution in [3.8, 4) is 10.0 Å². The number of fused-ring (bicyclic) bond motifs is 6. The number of esters is 2. The fourth-order valence-corrected chi connectivity index (χ4v) is 11.2. The van der Waals surface area contributed by atoms with E-state index in [4.69, 9.17) is 52.1 Å². The second kappa shape index (κ2) is 21.3. The Hall–Kier alpha value is -5.76. The van der Waals surface area contributed by atoms with Gasteiger partial charge in [-0.25, -0.2) is 0 Å². The Labute approximate surface area is 410 Å². The average molecular weight is 1000 g/mol. The first kappa shape index (κ1) is 48.7. The number of aliphatic imine (C=N–C) groups is 2. The van der Waals surface area contributed by atoms with Crippen molar-refractivity contribution < 1.29 is 38.1 Å². The molecule has 6 aromatic rings. The molecule has 0 spiro atoms. The summed E-state index contributed by atoms with van der Waals surface area (Å²) in [5.41, 5.74) is 5.92. The van der Waals surface area contributed by atoms with Gasteiger partial charge in [-0.3, -0.25) is 38.3 Å². The maximum Gasteiger partial charge on any atom is 0.308 e. The number of carbonyl (C=O) groups excluding carboxylic acids is 4. The summed E-state index contributed by atoms with van der Waals surface area (Å²) in [6.07, 6.45) is 1.47. The van der Waals surface area contributed by atoms with E-state index in [1.165, 1.54) is 36.9 Å². The van der Waals surface area contributed by atoms with Crippen LogP contribution in [-0.4, -0.2) is 105 Å². The molecule has 0 saturated carbocycles. The number of ketones is 2. The van der Waals surface area contributed by atoms with Gasteiger partial charge in [0.25, 0.3) is 0 Å². The highest BCUT2D eigenvalue weighted by atomic mass is 35.5. The Morgan fingerprint density at radius 3 is 1.32 bits per heavy atom. The molecule has 16 nitrogen and oxygen atoms in total. The number of hydrogen-bond donors (Lipinski definition) is 0. The second-order valence-electron chi connectivity index (χ2n) is 16.2. The highest BCUT2D eigenvalue weighted by molar-refractivity contribution is 7.17. The number of methoxy groups -OCH3 is 2. The Morgan fingerprint density at radius 1 is 0.574 bits per heavy atom. The maximum absolute atomic E-state index is 13.8. The zero-order valence-corrected chi connectivity index (χ0v) is 41.4. The lowest BCUT2D eigenvalue weighted by molar-refractivity contribution is -0.142. The molecule has 354 valence electrons. The van der Waals surface area contributed by atoms with Crippen LogP contribution in [0.2, 0.25) is 10.0 Å². The highest BCUT2D eigenvalue weighted by Crippen LogP contribution is 2.42. The van der Waals surface area contributed by atoms with Gasteiger partial charge in [0.05, 0.1) is 61.5 Å². The van der Waals surface area contributed by atoms with E-state index in [1.807, 2.05) is 61.1 Å². The number of aromatic nitrogens is 6. The molecule has 2 aromatic carbocycles. The molecule has 2 aliphatic rings. The molecule has 0 fully saturated rings. The minimum Gasteiger partial charge on any atom is -0.469 e. The van der Waals surface area contributed by atoms with Crippen molar-refractivity contribution in [1.29, 1.82) is 0 Å². The molecular formula is C48H48Cl2N8O8S2. The van der Waals surface area contributed by atoms with Crippen LogP contribution in [0.1, 0.15) is 127 Å². The van der Waals surface area contributed by atoms with Gasteiger partial charge in [0, 0.05) is 58.4 Å². The smallest absolute Gasteiger partial charge is 0.308 e. The summed E-state index contributed by atoms with van der Waals surface area (Å²) < 4.78 is 25.4. The SMILES string of the molecule is COC(=O)CC1N=C(c2ccc(Cl)cc2)c2c(sc(C(=O)CCCOCCOCCCC(=O)c3sc4c(c3C)C(c3ccc(Cl)cc3)=NC(CC(=O)OC)c3nnc(C)n3-4)c2C)-n2c(C)nnc21. The molecule has 0 amide bonds. The standard InChI is InChI=1S/C48H48Cl2N8O8S2/c1-25-39-41(29-11-15-31(49)16-12-29)51-33(23-37(61)63-5)45-55-53-27(3)57(45)47(39)67-43(25)35(59)9-7-19-65-21-22-66-20-8-10-36(60)44-26(2)40-42(30-13-17-32(50)18-14-30)52-34(24-38(62)64-6)46-56-54-28(4)58(46)48(40)68-44/h11-18,33-34H,7-10,19-24H2,1-6H3. The van der Waals surface area contributed by atoms with Gasteiger partial charge in [0.2, 0.25) is 0 Å². The van der Waals surface area contributed by atoms with Crippen LogP contribution in [0.15, 0.2) is 58.5 Å². The maximum atomic E-state index is 13.8. The summed E-state index contributed by atoms with van der Waals surface area (Å²) in [5.74, 6) is 1.28. The third-order valence-corrected chi connectivity index (χ3v) is 14.8. The van der Waals surface area contributed by atoms with Gasteiger partial charge in [-0.15, -0.1) is 43.1 Å². The summed E-state index contributed by atoms with van der Waals surface area (Å²) in [4.78, 5) is 64.0. The molecule has 8 rings (SSSR count). The largest absolute Gasteiger partial charge is 0.469 e. The van der Waals surface area contributed by atoms with Gasteiger partial charge in [0.15, 0.2) is 23.2 Å². The van der Waals surface area contributed by atoms with Crippen LogP contribution in [-0.2, 0) is 28.5 Å². The summed E-state index contributed by atoms with van der Waals surface area (Å²) in [5, 5.41) is 20.1. The Morgan fingerprint density at radius 2 is 0.956 bits per heavy atom. The van der Waals surface area contributed by atoms with Crippen molar-refractivity contribution in [3.05, 3.63) is 125 Å². The van der Waals surface area contributed by atoms with Crippen LogP contribution in [0, 0.1) is 27.7 Å². The van der Waals surface area contributed by atoms with E-state index >= 15 is 0 Å².